The van der Waals surface area contributed by atoms with E-state index in [1.54, 1.807) is 24.3 Å². The summed E-state index contributed by atoms with van der Waals surface area (Å²) in [6, 6.07) is 10.2. The van der Waals surface area contributed by atoms with Crippen molar-refractivity contribution in [1.82, 2.24) is 0 Å². The predicted octanol–water partition coefficient (Wildman–Crippen LogP) is 3.49. The Bertz CT molecular complexity index is 702. The maximum atomic E-state index is 10.8. The van der Waals surface area contributed by atoms with Crippen LogP contribution < -0.4 is 4.74 Å². The van der Waals surface area contributed by atoms with Crippen molar-refractivity contribution in [2.45, 2.75) is 12.3 Å². The van der Waals surface area contributed by atoms with E-state index in [0.717, 1.165) is 5.56 Å². The Labute approximate surface area is 126 Å². The van der Waals surface area contributed by atoms with E-state index in [4.69, 9.17) is 25.9 Å². The molecule has 1 atom stereocenters. The zero-order valence-electron chi connectivity index (χ0n) is 11.2. The van der Waals surface area contributed by atoms with E-state index in [0.29, 0.717) is 16.5 Å². The topological polar surface area (TPSA) is 83.5 Å². The number of carboxylic acid groups (broad SMARTS) is 1. The first-order valence-corrected chi connectivity index (χ1v) is 6.48. The van der Waals surface area contributed by atoms with Gasteiger partial charge in [0.15, 0.2) is 0 Å². The molecule has 0 saturated carbocycles. The standard InChI is InChI=1S/C15H12ClNO4/c1-20-13-4-2-9(7-12(13)16)10(8-17)6-11-3-5-14(21-11)15(18)19/h2-5,7,10H,6H2,1H3,(H,18,19). The molecule has 1 aromatic heterocycles. The summed E-state index contributed by atoms with van der Waals surface area (Å²) >= 11 is 6.04. The maximum Gasteiger partial charge on any atom is 0.371 e. The lowest BCUT2D eigenvalue weighted by molar-refractivity contribution is 0.0660. The van der Waals surface area contributed by atoms with Gasteiger partial charge in [-0.05, 0) is 29.8 Å². The fourth-order valence-electron chi connectivity index (χ4n) is 1.94. The zero-order chi connectivity index (χ0) is 15.4. The Hall–Kier alpha value is -2.45. The molecule has 2 aromatic rings. The second-order valence-electron chi connectivity index (χ2n) is 4.35. The number of carboxylic acids is 1. The maximum absolute atomic E-state index is 10.8. The van der Waals surface area contributed by atoms with E-state index in [-0.39, 0.29) is 12.2 Å². The molecule has 0 aliphatic heterocycles. The number of carbonyl (C=O) groups is 1. The van der Waals surface area contributed by atoms with Gasteiger partial charge in [-0.15, -0.1) is 0 Å². The van der Waals surface area contributed by atoms with E-state index in [1.807, 2.05) is 0 Å². The van der Waals surface area contributed by atoms with Crippen LogP contribution in [0.3, 0.4) is 0 Å². The van der Waals surface area contributed by atoms with Crippen molar-refractivity contribution in [3.05, 3.63) is 52.4 Å². The van der Waals surface area contributed by atoms with E-state index in [9.17, 15) is 10.1 Å². The third kappa shape index (κ3) is 3.36. The van der Waals surface area contributed by atoms with Gasteiger partial charge < -0.3 is 14.3 Å². The van der Waals surface area contributed by atoms with Crippen LogP contribution in [0.4, 0.5) is 0 Å². The average Bonchev–Trinajstić information content (AvgIpc) is 2.93. The number of methoxy groups -OCH3 is 1. The number of hydrogen-bond donors (Lipinski definition) is 1. The quantitative estimate of drug-likeness (QED) is 0.914. The summed E-state index contributed by atoms with van der Waals surface area (Å²) in [5, 5.41) is 18.5. The molecule has 0 saturated heterocycles. The van der Waals surface area contributed by atoms with Crippen molar-refractivity contribution in [3.8, 4) is 11.8 Å². The van der Waals surface area contributed by atoms with Crippen molar-refractivity contribution in [2.24, 2.45) is 0 Å². The molecule has 1 unspecified atom stereocenters. The van der Waals surface area contributed by atoms with E-state index >= 15 is 0 Å². The van der Waals surface area contributed by atoms with Crippen LogP contribution in [0.2, 0.25) is 5.02 Å². The lowest BCUT2D eigenvalue weighted by atomic mass is 9.96. The molecule has 0 amide bonds. The SMILES string of the molecule is COc1ccc(C(C#N)Cc2ccc(C(=O)O)o2)cc1Cl. The number of nitrogens with zero attached hydrogens (tertiary/aromatic N) is 1. The molecule has 0 fully saturated rings. The zero-order valence-corrected chi connectivity index (χ0v) is 11.9. The van der Waals surface area contributed by atoms with Crippen LogP contribution in [0.5, 0.6) is 5.75 Å². The van der Waals surface area contributed by atoms with Crippen molar-refractivity contribution < 1.29 is 19.1 Å². The second kappa shape index (κ2) is 6.33. The third-order valence-corrected chi connectivity index (χ3v) is 3.31. The monoisotopic (exact) mass is 305 g/mol. The molecule has 5 nitrogen and oxygen atoms in total. The van der Waals surface area contributed by atoms with Gasteiger partial charge in [0.2, 0.25) is 5.76 Å². The van der Waals surface area contributed by atoms with Crippen molar-refractivity contribution >= 4 is 17.6 Å². The molecule has 0 bridgehead atoms. The second-order valence-corrected chi connectivity index (χ2v) is 4.76. The summed E-state index contributed by atoms with van der Waals surface area (Å²) in [5.41, 5.74) is 0.719. The number of furan rings is 1. The molecule has 6 heteroatoms. The number of ether oxygens (including phenoxy) is 1. The third-order valence-electron chi connectivity index (χ3n) is 3.01. The van der Waals surface area contributed by atoms with Crippen LogP contribution in [-0.4, -0.2) is 18.2 Å². The highest BCUT2D eigenvalue weighted by molar-refractivity contribution is 6.32. The molecule has 1 N–H and O–H groups in total. The normalized spacial score (nSPS) is 11.7. The molecular weight excluding hydrogens is 294 g/mol. The Kier molecular flexibility index (Phi) is 4.51. The summed E-state index contributed by atoms with van der Waals surface area (Å²) in [6.07, 6.45) is 0.270. The minimum absolute atomic E-state index is 0.144. The predicted molar refractivity (Wildman–Crippen MR) is 75.7 cm³/mol. The van der Waals surface area contributed by atoms with Gasteiger partial charge >= 0.3 is 5.97 Å². The molecule has 0 aliphatic carbocycles. The average molecular weight is 306 g/mol. The van der Waals surface area contributed by atoms with Crippen LogP contribution >= 0.6 is 11.6 Å². The lowest BCUT2D eigenvalue weighted by Crippen LogP contribution is -2.00. The highest BCUT2D eigenvalue weighted by Gasteiger charge is 2.17. The van der Waals surface area contributed by atoms with Gasteiger partial charge in [0.1, 0.15) is 11.5 Å². The highest BCUT2D eigenvalue weighted by Crippen LogP contribution is 2.30. The Morgan fingerprint density at radius 2 is 2.24 bits per heavy atom. The fourth-order valence-corrected chi connectivity index (χ4v) is 2.21. The van der Waals surface area contributed by atoms with Crippen LogP contribution in [0.1, 0.15) is 27.8 Å². The summed E-state index contributed by atoms with van der Waals surface area (Å²) in [6.45, 7) is 0. The van der Waals surface area contributed by atoms with Gasteiger partial charge in [0.05, 0.1) is 24.1 Å². The molecule has 0 radical (unpaired) electrons. The van der Waals surface area contributed by atoms with Crippen LogP contribution in [0.25, 0.3) is 0 Å². The summed E-state index contributed by atoms with van der Waals surface area (Å²) < 4.78 is 10.2. The van der Waals surface area contributed by atoms with E-state index in [1.165, 1.54) is 13.2 Å². The van der Waals surface area contributed by atoms with E-state index in [2.05, 4.69) is 6.07 Å². The molecule has 0 aliphatic rings. The summed E-state index contributed by atoms with van der Waals surface area (Å²) in [5.74, 6) is -0.799. The molecule has 108 valence electrons. The lowest BCUT2D eigenvalue weighted by Gasteiger charge is -2.10. The molecule has 21 heavy (non-hydrogen) atoms. The number of benzene rings is 1. The Balaban J connectivity index is 2.21. The van der Waals surface area contributed by atoms with Crippen molar-refractivity contribution in [3.63, 3.8) is 0 Å². The van der Waals surface area contributed by atoms with Gasteiger partial charge in [0, 0.05) is 6.42 Å². The van der Waals surface area contributed by atoms with Crippen molar-refractivity contribution in [1.29, 1.82) is 5.26 Å². The first-order chi connectivity index (χ1) is 10.0. The molecule has 0 spiro atoms. The highest BCUT2D eigenvalue weighted by atomic mass is 35.5. The van der Waals surface area contributed by atoms with Crippen LogP contribution in [0.15, 0.2) is 34.7 Å². The smallest absolute Gasteiger partial charge is 0.371 e. The molecule has 1 heterocycles. The Morgan fingerprint density at radius 1 is 1.48 bits per heavy atom. The van der Waals surface area contributed by atoms with Crippen LogP contribution in [0, 0.1) is 11.3 Å². The van der Waals surface area contributed by atoms with Crippen LogP contribution in [-0.2, 0) is 6.42 Å². The minimum Gasteiger partial charge on any atom is -0.495 e. The van der Waals surface area contributed by atoms with Gasteiger partial charge in [-0.25, -0.2) is 4.79 Å². The fraction of sp³-hybridized carbons (Fsp3) is 0.200. The summed E-state index contributed by atoms with van der Waals surface area (Å²) in [4.78, 5) is 10.8. The molecular formula is C15H12ClNO4. The number of rotatable bonds is 5. The first kappa shape index (κ1) is 14.9. The van der Waals surface area contributed by atoms with E-state index < -0.39 is 11.9 Å². The largest absolute Gasteiger partial charge is 0.495 e. The van der Waals surface area contributed by atoms with Gasteiger partial charge in [-0.1, -0.05) is 17.7 Å². The van der Waals surface area contributed by atoms with Gasteiger partial charge in [0.25, 0.3) is 0 Å². The number of aromatic carboxylic acids is 1. The molecule has 1 aromatic carbocycles. The van der Waals surface area contributed by atoms with Gasteiger partial charge in [-0.2, -0.15) is 5.26 Å². The minimum atomic E-state index is -1.14. The van der Waals surface area contributed by atoms with Gasteiger partial charge in [-0.3, -0.25) is 0 Å². The summed E-state index contributed by atoms with van der Waals surface area (Å²) in [7, 11) is 1.51. The molecule has 2 rings (SSSR count). The number of nitriles is 1. The van der Waals surface area contributed by atoms with Crippen molar-refractivity contribution in [2.75, 3.05) is 7.11 Å². The first-order valence-electron chi connectivity index (χ1n) is 6.10. The Morgan fingerprint density at radius 3 is 2.76 bits per heavy atom. The number of halogens is 1. The number of hydrogen-bond acceptors (Lipinski definition) is 4.